The van der Waals surface area contributed by atoms with Crippen LogP contribution in [-0.2, 0) is 0 Å². The lowest BCUT2D eigenvalue weighted by Crippen LogP contribution is -1.91. The molecule has 6 nitrogen and oxygen atoms in total. The fourth-order valence-electron chi connectivity index (χ4n) is 2.64. The quantitative estimate of drug-likeness (QED) is 0.631. The van der Waals surface area contributed by atoms with Gasteiger partial charge in [-0.15, -0.1) is 10.2 Å². The fraction of sp³-hybridized carbons (Fsp3) is 0.0588. The maximum atomic E-state index is 4.07. The molecular weight excluding hydrogens is 288 g/mol. The number of rotatable bonds is 3. The van der Waals surface area contributed by atoms with Gasteiger partial charge in [-0.2, -0.15) is 5.21 Å². The normalized spacial score (nSPS) is 10.8. The molecule has 0 unspecified atom stereocenters. The van der Waals surface area contributed by atoms with Crippen LogP contribution in [0.1, 0.15) is 5.56 Å². The predicted molar refractivity (Wildman–Crippen MR) is 86.9 cm³/mol. The molecular formula is C17H14N6. The summed E-state index contributed by atoms with van der Waals surface area (Å²) in [5, 5.41) is 14.1. The van der Waals surface area contributed by atoms with Gasteiger partial charge in [0, 0.05) is 23.6 Å². The Kier molecular flexibility index (Phi) is 3.20. The highest BCUT2D eigenvalue weighted by Crippen LogP contribution is 2.27. The summed E-state index contributed by atoms with van der Waals surface area (Å²) in [6.07, 6.45) is 5.49. The van der Waals surface area contributed by atoms with Gasteiger partial charge in [-0.1, -0.05) is 24.3 Å². The van der Waals surface area contributed by atoms with Gasteiger partial charge < -0.3 is 4.57 Å². The first-order valence-electron chi connectivity index (χ1n) is 7.24. The molecule has 0 aliphatic carbocycles. The number of hydrogen-bond donors (Lipinski definition) is 1. The minimum Gasteiger partial charge on any atom is -0.306 e. The Morgan fingerprint density at radius 2 is 1.83 bits per heavy atom. The summed E-state index contributed by atoms with van der Waals surface area (Å²) in [6, 6.07) is 14.6. The summed E-state index contributed by atoms with van der Waals surface area (Å²) in [6.45, 7) is 2.09. The smallest absolute Gasteiger partial charge is 0.204 e. The highest BCUT2D eigenvalue weighted by Gasteiger charge is 2.07. The van der Waals surface area contributed by atoms with E-state index in [4.69, 9.17) is 0 Å². The number of imidazole rings is 1. The van der Waals surface area contributed by atoms with E-state index in [0.29, 0.717) is 5.82 Å². The first-order valence-corrected chi connectivity index (χ1v) is 7.24. The zero-order valence-corrected chi connectivity index (χ0v) is 12.5. The second-order valence-corrected chi connectivity index (χ2v) is 5.28. The van der Waals surface area contributed by atoms with E-state index in [1.807, 2.05) is 16.8 Å². The van der Waals surface area contributed by atoms with Crippen LogP contribution in [-0.4, -0.2) is 30.2 Å². The molecule has 0 radical (unpaired) electrons. The van der Waals surface area contributed by atoms with Crippen molar-refractivity contribution in [1.29, 1.82) is 0 Å². The van der Waals surface area contributed by atoms with Gasteiger partial charge in [-0.25, -0.2) is 4.98 Å². The second-order valence-electron chi connectivity index (χ2n) is 5.28. The van der Waals surface area contributed by atoms with E-state index in [0.717, 1.165) is 11.3 Å². The third-order valence-corrected chi connectivity index (χ3v) is 3.81. The van der Waals surface area contributed by atoms with Crippen molar-refractivity contribution in [2.75, 3.05) is 0 Å². The van der Waals surface area contributed by atoms with Crippen LogP contribution in [0.5, 0.6) is 0 Å². The molecule has 4 rings (SSSR count). The van der Waals surface area contributed by atoms with E-state index < -0.39 is 0 Å². The SMILES string of the molecule is Cc1cc(-c2nn[nH]n2)ccc1-c1ccc(-n2ccnc2)cc1. The van der Waals surface area contributed by atoms with Crippen LogP contribution in [0.4, 0.5) is 0 Å². The van der Waals surface area contributed by atoms with E-state index in [2.05, 4.69) is 68.9 Å². The Bertz CT molecular complexity index is 908. The maximum Gasteiger partial charge on any atom is 0.204 e. The van der Waals surface area contributed by atoms with Crippen LogP contribution in [0.15, 0.2) is 61.2 Å². The van der Waals surface area contributed by atoms with Gasteiger partial charge in [0.05, 0.1) is 6.33 Å². The lowest BCUT2D eigenvalue weighted by Gasteiger charge is -2.09. The molecule has 0 aliphatic rings. The van der Waals surface area contributed by atoms with Crippen molar-refractivity contribution in [1.82, 2.24) is 30.2 Å². The molecule has 0 bridgehead atoms. The van der Waals surface area contributed by atoms with Gasteiger partial charge in [0.2, 0.25) is 5.82 Å². The molecule has 0 saturated heterocycles. The van der Waals surface area contributed by atoms with Crippen molar-refractivity contribution in [3.63, 3.8) is 0 Å². The molecule has 0 atom stereocenters. The van der Waals surface area contributed by atoms with Crippen LogP contribution < -0.4 is 0 Å². The van der Waals surface area contributed by atoms with Gasteiger partial charge >= 0.3 is 0 Å². The Balaban J connectivity index is 1.68. The zero-order chi connectivity index (χ0) is 15.6. The molecule has 2 aromatic carbocycles. The third-order valence-electron chi connectivity index (χ3n) is 3.81. The van der Waals surface area contributed by atoms with Crippen molar-refractivity contribution in [2.45, 2.75) is 6.92 Å². The van der Waals surface area contributed by atoms with Crippen molar-refractivity contribution in [2.24, 2.45) is 0 Å². The summed E-state index contributed by atoms with van der Waals surface area (Å²) in [5.41, 5.74) is 5.57. The number of benzene rings is 2. The number of hydrogen-bond acceptors (Lipinski definition) is 4. The number of aryl methyl sites for hydroxylation is 1. The van der Waals surface area contributed by atoms with Crippen LogP contribution in [0.2, 0.25) is 0 Å². The summed E-state index contributed by atoms with van der Waals surface area (Å²) in [5.74, 6) is 0.607. The minimum atomic E-state index is 0.607. The van der Waals surface area contributed by atoms with E-state index in [-0.39, 0.29) is 0 Å². The molecule has 0 amide bonds. The molecule has 6 heteroatoms. The van der Waals surface area contributed by atoms with Gasteiger partial charge in [0.1, 0.15) is 0 Å². The third kappa shape index (κ3) is 2.50. The van der Waals surface area contributed by atoms with Gasteiger partial charge in [0.15, 0.2) is 0 Å². The lowest BCUT2D eigenvalue weighted by atomic mass is 9.98. The van der Waals surface area contributed by atoms with E-state index in [1.165, 1.54) is 16.7 Å². The highest BCUT2D eigenvalue weighted by molar-refractivity contribution is 5.71. The monoisotopic (exact) mass is 302 g/mol. The van der Waals surface area contributed by atoms with Gasteiger partial charge in [-0.3, -0.25) is 0 Å². The van der Waals surface area contributed by atoms with Crippen molar-refractivity contribution >= 4 is 0 Å². The molecule has 0 saturated carbocycles. The van der Waals surface area contributed by atoms with Crippen molar-refractivity contribution < 1.29 is 0 Å². The number of nitrogens with one attached hydrogen (secondary N) is 1. The zero-order valence-electron chi connectivity index (χ0n) is 12.5. The predicted octanol–water partition coefficient (Wildman–Crippen LogP) is 3.03. The number of nitrogens with zero attached hydrogens (tertiary/aromatic N) is 5. The second kappa shape index (κ2) is 5.49. The largest absolute Gasteiger partial charge is 0.306 e. The van der Waals surface area contributed by atoms with Gasteiger partial charge in [0.25, 0.3) is 0 Å². The van der Waals surface area contributed by atoms with Crippen molar-refractivity contribution in [3.05, 3.63) is 66.7 Å². The average molecular weight is 302 g/mol. The van der Waals surface area contributed by atoms with E-state index >= 15 is 0 Å². The molecule has 0 aliphatic heterocycles. The first kappa shape index (κ1) is 13.4. The molecule has 2 aromatic heterocycles. The van der Waals surface area contributed by atoms with Crippen molar-refractivity contribution in [3.8, 4) is 28.2 Å². The highest BCUT2D eigenvalue weighted by atomic mass is 15.5. The fourth-order valence-corrected chi connectivity index (χ4v) is 2.64. The summed E-state index contributed by atoms with van der Waals surface area (Å²) >= 11 is 0. The molecule has 23 heavy (non-hydrogen) atoms. The Labute approximate surface area is 132 Å². The van der Waals surface area contributed by atoms with Gasteiger partial charge in [-0.05, 0) is 47.0 Å². The van der Waals surface area contributed by atoms with E-state index in [1.54, 1.807) is 12.5 Å². The summed E-state index contributed by atoms with van der Waals surface area (Å²) in [7, 11) is 0. The maximum absolute atomic E-state index is 4.07. The molecule has 1 N–H and O–H groups in total. The van der Waals surface area contributed by atoms with Crippen LogP contribution in [0, 0.1) is 6.92 Å². The molecule has 4 aromatic rings. The molecule has 2 heterocycles. The van der Waals surface area contributed by atoms with Crippen LogP contribution >= 0.6 is 0 Å². The standard InChI is InChI=1S/C17H14N6/c1-12-10-14(17-19-21-22-20-17)4-7-16(12)13-2-5-15(6-3-13)23-9-8-18-11-23/h2-11H,1H3,(H,19,20,21,22). The summed E-state index contributed by atoms with van der Waals surface area (Å²) in [4.78, 5) is 4.07. The number of H-pyrrole nitrogens is 1. The Morgan fingerprint density at radius 3 is 2.48 bits per heavy atom. The number of aromatic amines is 1. The lowest BCUT2D eigenvalue weighted by molar-refractivity contribution is 0.881. The topological polar surface area (TPSA) is 72.3 Å². The Hall–Kier alpha value is -3.28. The Morgan fingerprint density at radius 1 is 1.00 bits per heavy atom. The van der Waals surface area contributed by atoms with Crippen LogP contribution in [0.25, 0.3) is 28.2 Å². The molecule has 0 spiro atoms. The number of aromatic nitrogens is 6. The first-order chi connectivity index (χ1) is 11.3. The molecule has 112 valence electrons. The molecule has 0 fully saturated rings. The van der Waals surface area contributed by atoms with E-state index in [9.17, 15) is 0 Å². The average Bonchev–Trinajstić information content (AvgIpc) is 3.29. The minimum absolute atomic E-state index is 0.607. The number of tetrazole rings is 1. The van der Waals surface area contributed by atoms with Crippen LogP contribution in [0.3, 0.4) is 0 Å². The summed E-state index contributed by atoms with van der Waals surface area (Å²) < 4.78 is 1.98.